The van der Waals surface area contributed by atoms with Crippen molar-refractivity contribution in [2.45, 2.75) is 6.10 Å². The lowest BCUT2D eigenvalue weighted by Crippen LogP contribution is -2.42. The van der Waals surface area contributed by atoms with Crippen molar-refractivity contribution in [1.82, 2.24) is 14.7 Å². The van der Waals surface area contributed by atoms with Crippen molar-refractivity contribution >= 4 is 5.91 Å². The van der Waals surface area contributed by atoms with E-state index < -0.39 is 0 Å². The van der Waals surface area contributed by atoms with Crippen LogP contribution >= 0.6 is 0 Å². The van der Waals surface area contributed by atoms with Crippen LogP contribution in [-0.2, 0) is 11.8 Å². The molecule has 0 bridgehead atoms. The average Bonchev–Trinajstić information content (AvgIpc) is 3.10. The molecule has 1 saturated heterocycles. The second-order valence-electron chi connectivity index (χ2n) is 6.57. The molecule has 2 aromatic carbocycles. The van der Waals surface area contributed by atoms with Gasteiger partial charge in [0.1, 0.15) is 17.6 Å². The lowest BCUT2D eigenvalue weighted by atomic mass is 10.1. The van der Waals surface area contributed by atoms with Crippen LogP contribution in [0.5, 0.6) is 0 Å². The molecule has 5 nitrogen and oxygen atoms in total. The van der Waals surface area contributed by atoms with E-state index in [1.165, 1.54) is 12.1 Å². The second-order valence-corrected chi connectivity index (χ2v) is 6.57. The monoisotopic (exact) mass is 365 g/mol. The first-order chi connectivity index (χ1) is 13.1. The summed E-state index contributed by atoms with van der Waals surface area (Å²) in [6, 6.07) is 17.8. The van der Waals surface area contributed by atoms with Crippen molar-refractivity contribution < 1.29 is 13.9 Å². The van der Waals surface area contributed by atoms with Crippen LogP contribution < -0.4 is 0 Å². The van der Waals surface area contributed by atoms with Crippen LogP contribution in [0.1, 0.15) is 22.2 Å². The fraction of sp³-hybridized carbons (Fsp3) is 0.238. The molecule has 1 atom stereocenters. The van der Waals surface area contributed by atoms with E-state index >= 15 is 0 Å². The lowest BCUT2D eigenvalue weighted by molar-refractivity contribution is -0.0231. The molecule has 1 aromatic heterocycles. The molecule has 1 amide bonds. The van der Waals surface area contributed by atoms with Crippen molar-refractivity contribution in [3.8, 4) is 11.3 Å². The predicted octanol–water partition coefficient (Wildman–Crippen LogP) is 3.44. The summed E-state index contributed by atoms with van der Waals surface area (Å²) in [5.74, 6) is -0.381. The molecule has 138 valence electrons. The quantitative estimate of drug-likeness (QED) is 0.714. The summed E-state index contributed by atoms with van der Waals surface area (Å²) in [6.45, 7) is 1.53. The van der Waals surface area contributed by atoms with Crippen LogP contribution in [0.4, 0.5) is 4.39 Å². The standard InChI is InChI=1S/C21H20FN3O2/c1-24-19(13-18(23-24)15-7-9-17(22)10-8-15)21(26)25-11-12-27-20(14-25)16-5-3-2-4-6-16/h2-10,13,20H,11-12,14H2,1H3. The van der Waals surface area contributed by atoms with Crippen LogP contribution in [0, 0.1) is 5.82 Å². The van der Waals surface area contributed by atoms with E-state index in [0.717, 1.165) is 11.1 Å². The number of halogens is 1. The van der Waals surface area contributed by atoms with Crippen LogP contribution in [-0.4, -0.2) is 40.3 Å². The van der Waals surface area contributed by atoms with Gasteiger partial charge in [-0.1, -0.05) is 30.3 Å². The molecule has 0 N–H and O–H groups in total. The zero-order valence-corrected chi connectivity index (χ0v) is 15.0. The van der Waals surface area contributed by atoms with E-state index in [4.69, 9.17) is 4.74 Å². The van der Waals surface area contributed by atoms with Gasteiger partial charge in [-0.3, -0.25) is 9.48 Å². The summed E-state index contributed by atoms with van der Waals surface area (Å²) in [7, 11) is 1.75. The number of hydrogen-bond acceptors (Lipinski definition) is 3. The molecular formula is C21H20FN3O2. The summed E-state index contributed by atoms with van der Waals surface area (Å²) in [5.41, 5.74) is 2.99. The Morgan fingerprint density at radius 2 is 1.89 bits per heavy atom. The Kier molecular flexibility index (Phi) is 4.73. The highest BCUT2D eigenvalue weighted by atomic mass is 19.1. The molecule has 0 spiro atoms. The van der Waals surface area contributed by atoms with Gasteiger partial charge in [0, 0.05) is 19.2 Å². The normalized spacial score (nSPS) is 17.1. The van der Waals surface area contributed by atoms with Crippen LogP contribution in [0.2, 0.25) is 0 Å². The zero-order valence-electron chi connectivity index (χ0n) is 15.0. The number of hydrogen-bond donors (Lipinski definition) is 0. The highest BCUT2D eigenvalue weighted by Crippen LogP contribution is 2.24. The summed E-state index contributed by atoms with van der Waals surface area (Å²) < 4.78 is 20.6. The van der Waals surface area contributed by atoms with Crippen molar-refractivity contribution in [1.29, 1.82) is 0 Å². The maximum absolute atomic E-state index is 13.1. The minimum Gasteiger partial charge on any atom is -0.370 e. The number of amides is 1. The maximum atomic E-state index is 13.1. The average molecular weight is 365 g/mol. The number of ether oxygens (including phenoxy) is 1. The van der Waals surface area contributed by atoms with Crippen LogP contribution in [0.25, 0.3) is 11.3 Å². The fourth-order valence-electron chi connectivity index (χ4n) is 3.29. The van der Waals surface area contributed by atoms with Crippen molar-refractivity contribution in [3.63, 3.8) is 0 Å². The third-order valence-corrected chi connectivity index (χ3v) is 4.76. The molecule has 0 aliphatic carbocycles. The molecule has 4 rings (SSSR count). The van der Waals surface area contributed by atoms with Gasteiger partial charge in [0.05, 0.1) is 18.8 Å². The van der Waals surface area contributed by atoms with Crippen molar-refractivity contribution in [3.05, 3.63) is 77.7 Å². The topological polar surface area (TPSA) is 47.4 Å². The number of nitrogens with zero attached hydrogens (tertiary/aromatic N) is 3. The Hall–Kier alpha value is -2.99. The Morgan fingerprint density at radius 3 is 2.63 bits per heavy atom. The number of rotatable bonds is 3. The summed E-state index contributed by atoms with van der Waals surface area (Å²) in [6.07, 6.45) is -0.131. The minimum atomic E-state index is -0.300. The molecule has 1 aliphatic rings. The van der Waals surface area contributed by atoms with Gasteiger partial charge in [-0.05, 0) is 35.9 Å². The summed E-state index contributed by atoms with van der Waals surface area (Å²) >= 11 is 0. The molecule has 0 radical (unpaired) electrons. The molecule has 1 aliphatic heterocycles. The Labute approximate surface area is 157 Å². The third-order valence-electron chi connectivity index (χ3n) is 4.76. The smallest absolute Gasteiger partial charge is 0.272 e. The number of benzene rings is 2. The number of carbonyl (C=O) groups is 1. The van der Waals surface area contributed by atoms with Gasteiger partial charge in [-0.25, -0.2) is 4.39 Å². The number of morpholine rings is 1. The first-order valence-electron chi connectivity index (χ1n) is 8.87. The Morgan fingerprint density at radius 1 is 1.15 bits per heavy atom. The zero-order chi connectivity index (χ0) is 18.8. The lowest BCUT2D eigenvalue weighted by Gasteiger charge is -2.33. The van der Waals surface area contributed by atoms with Gasteiger partial charge < -0.3 is 9.64 Å². The van der Waals surface area contributed by atoms with E-state index in [9.17, 15) is 9.18 Å². The predicted molar refractivity (Wildman–Crippen MR) is 99.6 cm³/mol. The highest BCUT2D eigenvalue weighted by Gasteiger charge is 2.28. The van der Waals surface area contributed by atoms with E-state index in [-0.39, 0.29) is 17.8 Å². The third kappa shape index (κ3) is 3.61. The summed E-state index contributed by atoms with van der Waals surface area (Å²) in [5, 5.41) is 4.42. The number of aryl methyl sites for hydroxylation is 1. The highest BCUT2D eigenvalue weighted by molar-refractivity contribution is 5.93. The number of aromatic nitrogens is 2. The van der Waals surface area contributed by atoms with Crippen molar-refractivity contribution in [2.24, 2.45) is 7.05 Å². The molecule has 27 heavy (non-hydrogen) atoms. The van der Waals surface area contributed by atoms with Gasteiger partial charge in [-0.15, -0.1) is 0 Å². The maximum Gasteiger partial charge on any atom is 0.272 e. The largest absolute Gasteiger partial charge is 0.370 e. The molecule has 6 heteroatoms. The molecular weight excluding hydrogens is 345 g/mol. The van der Waals surface area contributed by atoms with E-state index in [1.807, 2.05) is 30.3 Å². The molecule has 1 fully saturated rings. The van der Waals surface area contributed by atoms with E-state index in [1.54, 1.807) is 34.8 Å². The van der Waals surface area contributed by atoms with Gasteiger partial charge >= 0.3 is 0 Å². The molecule has 0 saturated carbocycles. The van der Waals surface area contributed by atoms with Crippen LogP contribution in [0.15, 0.2) is 60.7 Å². The van der Waals surface area contributed by atoms with Crippen LogP contribution in [0.3, 0.4) is 0 Å². The van der Waals surface area contributed by atoms with Crippen molar-refractivity contribution in [2.75, 3.05) is 19.7 Å². The van der Waals surface area contributed by atoms with E-state index in [0.29, 0.717) is 31.1 Å². The molecule has 2 heterocycles. The SMILES string of the molecule is Cn1nc(-c2ccc(F)cc2)cc1C(=O)N1CCOC(c2ccccc2)C1. The minimum absolute atomic E-state index is 0.0809. The fourth-order valence-corrected chi connectivity index (χ4v) is 3.29. The molecule has 3 aromatic rings. The van der Waals surface area contributed by atoms with Gasteiger partial charge in [0.25, 0.3) is 5.91 Å². The first-order valence-corrected chi connectivity index (χ1v) is 8.87. The number of carbonyl (C=O) groups excluding carboxylic acids is 1. The van der Waals surface area contributed by atoms with Gasteiger partial charge in [0.2, 0.25) is 0 Å². The van der Waals surface area contributed by atoms with Gasteiger partial charge in [0.15, 0.2) is 0 Å². The first kappa shape index (κ1) is 17.4. The van der Waals surface area contributed by atoms with E-state index in [2.05, 4.69) is 5.10 Å². The molecule has 1 unspecified atom stereocenters. The summed E-state index contributed by atoms with van der Waals surface area (Å²) in [4.78, 5) is 14.8. The second kappa shape index (κ2) is 7.32. The Balaban J connectivity index is 1.55. The Bertz CT molecular complexity index is 938. The van der Waals surface area contributed by atoms with Gasteiger partial charge in [-0.2, -0.15) is 5.10 Å².